The van der Waals surface area contributed by atoms with Gasteiger partial charge >= 0.3 is 0 Å². The molecule has 0 aliphatic heterocycles. The van der Waals surface area contributed by atoms with Gasteiger partial charge in [-0.2, -0.15) is 16.9 Å². The summed E-state index contributed by atoms with van der Waals surface area (Å²) in [6.45, 7) is 4.38. The van der Waals surface area contributed by atoms with Crippen LogP contribution in [0.5, 0.6) is 0 Å². The predicted molar refractivity (Wildman–Crippen MR) is 92.7 cm³/mol. The third-order valence-electron chi connectivity index (χ3n) is 3.23. The SMILES string of the molecule is CC(C)SCc1nn(C)c(N)c1-c1nc2ccccc2s1. The third kappa shape index (κ3) is 2.78. The number of hydrogen-bond donors (Lipinski definition) is 1. The maximum absolute atomic E-state index is 6.22. The second-order valence-corrected chi connectivity index (χ2v) is 7.77. The van der Waals surface area contributed by atoms with Gasteiger partial charge in [0.15, 0.2) is 0 Å². The van der Waals surface area contributed by atoms with Crippen LogP contribution in [0.2, 0.25) is 0 Å². The van der Waals surface area contributed by atoms with Crippen LogP contribution in [0, 0.1) is 0 Å². The lowest BCUT2D eigenvalue weighted by molar-refractivity contribution is 0.765. The molecule has 0 amide bonds. The zero-order chi connectivity index (χ0) is 15.0. The summed E-state index contributed by atoms with van der Waals surface area (Å²) < 4.78 is 2.93. The van der Waals surface area contributed by atoms with Gasteiger partial charge in [-0.15, -0.1) is 11.3 Å². The van der Waals surface area contributed by atoms with E-state index in [0.717, 1.165) is 27.5 Å². The minimum absolute atomic E-state index is 0.566. The minimum atomic E-state index is 0.566. The molecule has 0 atom stereocenters. The molecule has 4 nitrogen and oxygen atoms in total. The Kier molecular flexibility index (Phi) is 3.91. The lowest BCUT2D eigenvalue weighted by Gasteiger charge is -2.03. The van der Waals surface area contributed by atoms with E-state index in [1.807, 2.05) is 37.0 Å². The van der Waals surface area contributed by atoms with Crippen molar-refractivity contribution in [1.82, 2.24) is 14.8 Å². The molecule has 2 N–H and O–H groups in total. The molecule has 0 fully saturated rings. The summed E-state index contributed by atoms with van der Waals surface area (Å²) in [7, 11) is 1.88. The summed E-state index contributed by atoms with van der Waals surface area (Å²) in [6.07, 6.45) is 0. The number of aryl methyl sites for hydroxylation is 1. The van der Waals surface area contributed by atoms with Gasteiger partial charge in [0.25, 0.3) is 0 Å². The van der Waals surface area contributed by atoms with E-state index in [1.54, 1.807) is 16.0 Å². The Labute approximate surface area is 132 Å². The summed E-state index contributed by atoms with van der Waals surface area (Å²) in [5.74, 6) is 1.54. The number of para-hydroxylation sites is 1. The van der Waals surface area contributed by atoms with E-state index in [2.05, 4.69) is 25.0 Å². The third-order valence-corrected chi connectivity index (χ3v) is 5.39. The highest BCUT2D eigenvalue weighted by molar-refractivity contribution is 7.99. The molecule has 0 radical (unpaired) electrons. The van der Waals surface area contributed by atoms with Crippen LogP contribution >= 0.6 is 23.1 Å². The number of nitrogens with two attached hydrogens (primary N) is 1. The van der Waals surface area contributed by atoms with Crippen molar-refractivity contribution < 1.29 is 0 Å². The van der Waals surface area contributed by atoms with Gasteiger partial charge in [-0.25, -0.2) is 4.98 Å². The molecule has 3 aromatic rings. The Morgan fingerprint density at radius 1 is 1.33 bits per heavy atom. The van der Waals surface area contributed by atoms with Gasteiger partial charge in [0, 0.05) is 12.8 Å². The van der Waals surface area contributed by atoms with Crippen LogP contribution in [0.3, 0.4) is 0 Å². The first kappa shape index (κ1) is 14.4. The number of fused-ring (bicyclic) bond motifs is 1. The normalized spacial score (nSPS) is 11.6. The van der Waals surface area contributed by atoms with E-state index >= 15 is 0 Å². The predicted octanol–water partition coefficient (Wildman–Crippen LogP) is 3.92. The molecular weight excluding hydrogens is 300 g/mol. The standard InChI is InChI=1S/C15H18N4S2/c1-9(2)20-8-11-13(14(16)19(3)18-11)15-17-10-6-4-5-7-12(10)21-15/h4-7,9H,8,16H2,1-3H3. The molecule has 21 heavy (non-hydrogen) atoms. The van der Waals surface area contributed by atoms with Gasteiger partial charge in [-0.1, -0.05) is 26.0 Å². The number of aromatic nitrogens is 3. The topological polar surface area (TPSA) is 56.7 Å². The molecule has 3 rings (SSSR count). The molecule has 0 unspecified atom stereocenters. The van der Waals surface area contributed by atoms with Crippen molar-refractivity contribution in [2.45, 2.75) is 24.9 Å². The molecule has 2 heterocycles. The maximum atomic E-state index is 6.22. The average molecular weight is 318 g/mol. The van der Waals surface area contributed by atoms with Gasteiger partial charge in [0.05, 0.1) is 21.5 Å². The number of nitrogens with zero attached hydrogens (tertiary/aromatic N) is 3. The molecule has 110 valence electrons. The van der Waals surface area contributed by atoms with E-state index in [4.69, 9.17) is 10.7 Å². The van der Waals surface area contributed by atoms with Gasteiger partial charge in [0.2, 0.25) is 0 Å². The number of anilines is 1. The molecule has 0 aliphatic rings. The van der Waals surface area contributed by atoms with E-state index in [9.17, 15) is 0 Å². The minimum Gasteiger partial charge on any atom is -0.383 e. The van der Waals surface area contributed by atoms with E-state index in [1.165, 1.54) is 4.70 Å². The number of benzene rings is 1. The Hall–Kier alpha value is -1.53. The van der Waals surface area contributed by atoms with Crippen LogP contribution in [0.25, 0.3) is 20.8 Å². The molecule has 6 heteroatoms. The molecule has 0 aliphatic carbocycles. The number of rotatable bonds is 4. The summed E-state index contributed by atoms with van der Waals surface area (Å²) in [5, 5.41) is 6.09. The van der Waals surface area contributed by atoms with Gasteiger partial charge in [0.1, 0.15) is 10.8 Å². The highest BCUT2D eigenvalue weighted by Crippen LogP contribution is 2.37. The average Bonchev–Trinajstić information content (AvgIpc) is 2.98. The molecule has 2 aromatic heterocycles. The number of thioether (sulfide) groups is 1. The van der Waals surface area contributed by atoms with E-state index in [0.29, 0.717) is 11.1 Å². The lowest BCUT2D eigenvalue weighted by Crippen LogP contribution is -1.97. The first-order valence-corrected chi connectivity index (χ1v) is 8.71. The zero-order valence-electron chi connectivity index (χ0n) is 12.3. The van der Waals surface area contributed by atoms with Gasteiger partial charge in [-0.3, -0.25) is 4.68 Å². The van der Waals surface area contributed by atoms with Crippen molar-refractivity contribution in [3.63, 3.8) is 0 Å². The Bertz CT molecular complexity index is 740. The summed E-state index contributed by atoms with van der Waals surface area (Å²) in [6, 6.07) is 8.16. The van der Waals surface area contributed by atoms with E-state index in [-0.39, 0.29) is 0 Å². The van der Waals surface area contributed by atoms with Crippen molar-refractivity contribution in [2.24, 2.45) is 7.05 Å². The Balaban J connectivity index is 2.07. The van der Waals surface area contributed by atoms with E-state index < -0.39 is 0 Å². The Morgan fingerprint density at radius 2 is 2.10 bits per heavy atom. The number of thiazole rings is 1. The van der Waals surface area contributed by atoms with Crippen molar-refractivity contribution in [3.05, 3.63) is 30.0 Å². The second-order valence-electron chi connectivity index (χ2n) is 5.18. The molecular formula is C15H18N4S2. The summed E-state index contributed by atoms with van der Waals surface area (Å²) in [5.41, 5.74) is 9.25. The van der Waals surface area contributed by atoms with Crippen molar-refractivity contribution in [1.29, 1.82) is 0 Å². The molecule has 1 aromatic carbocycles. The molecule has 0 saturated carbocycles. The second kappa shape index (κ2) is 5.69. The van der Waals surface area contributed by atoms with Crippen LogP contribution in [0.4, 0.5) is 5.82 Å². The molecule has 0 saturated heterocycles. The molecule has 0 bridgehead atoms. The van der Waals surface area contributed by atoms with Crippen molar-refractivity contribution in [3.8, 4) is 10.6 Å². The van der Waals surface area contributed by atoms with Gasteiger partial charge in [-0.05, 0) is 17.4 Å². The fourth-order valence-electron chi connectivity index (χ4n) is 2.15. The highest BCUT2D eigenvalue weighted by Gasteiger charge is 2.19. The van der Waals surface area contributed by atoms with Gasteiger partial charge < -0.3 is 5.73 Å². The summed E-state index contributed by atoms with van der Waals surface area (Å²) >= 11 is 3.54. The summed E-state index contributed by atoms with van der Waals surface area (Å²) in [4.78, 5) is 4.72. The maximum Gasteiger partial charge on any atom is 0.132 e. The molecule has 0 spiro atoms. The largest absolute Gasteiger partial charge is 0.383 e. The first-order chi connectivity index (χ1) is 10.1. The highest BCUT2D eigenvalue weighted by atomic mass is 32.2. The lowest BCUT2D eigenvalue weighted by atomic mass is 10.2. The smallest absolute Gasteiger partial charge is 0.132 e. The first-order valence-electron chi connectivity index (χ1n) is 6.85. The number of nitrogen functional groups attached to an aromatic ring is 1. The zero-order valence-corrected chi connectivity index (χ0v) is 14.0. The van der Waals surface area contributed by atoms with Crippen LogP contribution in [0.1, 0.15) is 19.5 Å². The number of hydrogen-bond acceptors (Lipinski definition) is 5. The van der Waals surface area contributed by atoms with Crippen LogP contribution in [0.15, 0.2) is 24.3 Å². The van der Waals surface area contributed by atoms with Crippen molar-refractivity contribution in [2.75, 3.05) is 5.73 Å². The van der Waals surface area contributed by atoms with Crippen LogP contribution < -0.4 is 5.73 Å². The van der Waals surface area contributed by atoms with Crippen LogP contribution in [-0.2, 0) is 12.8 Å². The quantitative estimate of drug-likeness (QED) is 0.792. The van der Waals surface area contributed by atoms with Crippen LogP contribution in [-0.4, -0.2) is 20.0 Å². The monoisotopic (exact) mass is 318 g/mol. The fourth-order valence-corrected chi connectivity index (χ4v) is 3.89. The Morgan fingerprint density at radius 3 is 2.81 bits per heavy atom. The van der Waals surface area contributed by atoms with Crippen molar-refractivity contribution >= 4 is 39.1 Å². The fraction of sp³-hybridized carbons (Fsp3) is 0.333.